The highest BCUT2D eigenvalue weighted by molar-refractivity contribution is 6.31. The zero-order chi connectivity index (χ0) is 25.7. The Bertz CT molecular complexity index is 1420. The Hall–Kier alpha value is -3.79. The first-order chi connectivity index (χ1) is 17.1. The average Bonchev–Trinajstić information content (AvgIpc) is 3.43. The van der Waals surface area contributed by atoms with Crippen molar-refractivity contribution in [3.63, 3.8) is 0 Å². The van der Waals surface area contributed by atoms with Gasteiger partial charge >= 0.3 is 0 Å². The van der Waals surface area contributed by atoms with Crippen LogP contribution in [0.1, 0.15) is 45.0 Å². The molecule has 2 aliphatic rings. The Morgan fingerprint density at radius 3 is 2.89 bits per heavy atom. The average molecular weight is 500 g/mol. The summed E-state index contributed by atoms with van der Waals surface area (Å²) in [5.41, 5.74) is 6.96. The number of carbonyl (C=O) groups is 2. The number of nitrogens with zero attached hydrogens (tertiary/aromatic N) is 3. The van der Waals surface area contributed by atoms with E-state index >= 15 is 0 Å². The highest BCUT2D eigenvalue weighted by atomic mass is 35.5. The maximum Gasteiger partial charge on any atom is 0.247 e. The van der Waals surface area contributed by atoms with Gasteiger partial charge in [0.05, 0.1) is 29.9 Å². The van der Waals surface area contributed by atoms with Crippen molar-refractivity contribution in [2.45, 2.75) is 38.3 Å². The summed E-state index contributed by atoms with van der Waals surface area (Å²) in [6, 6.07) is 3.34. The quantitative estimate of drug-likeness (QED) is 0.362. The summed E-state index contributed by atoms with van der Waals surface area (Å²) in [7, 11) is 0. The molecular formula is C24H21ClF2N6O2. The molecule has 5 rings (SSSR count). The monoisotopic (exact) mass is 499 g/mol. The number of aromatic amines is 1. The Morgan fingerprint density at radius 1 is 1.34 bits per heavy atom. The maximum absolute atomic E-state index is 14.7. The molecule has 1 aromatic carbocycles. The van der Waals surface area contributed by atoms with E-state index in [1.54, 1.807) is 4.90 Å². The van der Waals surface area contributed by atoms with Crippen LogP contribution in [0.25, 0.3) is 16.8 Å². The van der Waals surface area contributed by atoms with Crippen molar-refractivity contribution in [3.8, 4) is 11.3 Å². The summed E-state index contributed by atoms with van der Waals surface area (Å²) < 4.78 is 37.6. The van der Waals surface area contributed by atoms with Crippen LogP contribution in [0.15, 0.2) is 36.5 Å². The van der Waals surface area contributed by atoms with E-state index in [0.717, 1.165) is 0 Å². The molecule has 1 fully saturated rings. The van der Waals surface area contributed by atoms with Gasteiger partial charge in [0.15, 0.2) is 5.82 Å². The van der Waals surface area contributed by atoms with Crippen LogP contribution in [0, 0.1) is 11.8 Å². The molecule has 2 atom stereocenters. The smallest absolute Gasteiger partial charge is 0.247 e. The Kier molecular flexibility index (Phi) is 5.44. The lowest BCUT2D eigenvalue weighted by molar-refractivity contribution is -0.129. The lowest BCUT2D eigenvalue weighted by atomic mass is 9.92. The van der Waals surface area contributed by atoms with Crippen LogP contribution >= 0.6 is 11.6 Å². The molecule has 2 aromatic heterocycles. The topological polar surface area (TPSA) is 117 Å². The van der Waals surface area contributed by atoms with Gasteiger partial charge in [-0.1, -0.05) is 11.6 Å². The molecule has 1 saturated heterocycles. The number of H-pyrrole nitrogens is 1. The summed E-state index contributed by atoms with van der Waals surface area (Å²) in [6.07, 6.45) is 4.40. The number of carbonyl (C=O) groups excluding carboxylic acids is 2. The molecule has 180 valence electrons. The first-order valence-corrected chi connectivity index (χ1v) is 11.3. The minimum atomic E-state index is -0.937. The molecule has 4 heterocycles. The number of amides is 2. The normalized spacial score (nSPS) is 19.9. The Labute approximate surface area is 205 Å². The SMILES string of the molecule is [2H]c1cc(NC(C)=O)nc(F)c1-c1cnc([C@@H]2CC[C@@H]3CC(c4c(N)ccc(Cl)c4F)=CC(=O)N32)[nH]1. The van der Waals surface area contributed by atoms with E-state index in [1.165, 1.54) is 37.4 Å². The number of nitrogens with two attached hydrogens (primary N) is 1. The van der Waals surface area contributed by atoms with Gasteiger partial charge < -0.3 is 20.9 Å². The number of aromatic nitrogens is 3. The summed E-state index contributed by atoms with van der Waals surface area (Å²) in [4.78, 5) is 37.1. The largest absolute Gasteiger partial charge is 0.398 e. The molecule has 8 nitrogen and oxygen atoms in total. The van der Waals surface area contributed by atoms with Crippen molar-refractivity contribution in [2.75, 3.05) is 11.1 Å². The summed E-state index contributed by atoms with van der Waals surface area (Å²) in [5.74, 6) is -1.96. The van der Waals surface area contributed by atoms with E-state index in [2.05, 4.69) is 20.3 Å². The van der Waals surface area contributed by atoms with Crippen LogP contribution in [0.4, 0.5) is 20.3 Å². The van der Waals surface area contributed by atoms with Gasteiger partial charge in [0, 0.05) is 30.3 Å². The van der Waals surface area contributed by atoms with Crippen LogP contribution in [0.2, 0.25) is 5.02 Å². The number of halogens is 3. The van der Waals surface area contributed by atoms with Gasteiger partial charge in [-0.25, -0.2) is 14.4 Å². The van der Waals surface area contributed by atoms with Crippen LogP contribution < -0.4 is 11.1 Å². The first-order valence-electron chi connectivity index (χ1n) is 11.4. The summed E-state index contributed by atoms with van der Waals surface area (Å²) >= 11 is 5.93. The fourth-order valence-corrected chi connectivity index (χ4v) is 4.91. The van der Waals surface area contributed by atoms with Gasteiger partial charge in [-0.3, -0.25) is 9.59 Å². The number of hydrogen-bond acceptors (Lipinski definition) is 5. The highest BCUT2D eigenvalue weighted by Crippen LogP contribution is 2.44. The second-order valence-corrected chi connectivity index (χ2v) is 8.91. The predicted octanol–water partition coefficient (Wildman–Crippen LogP) is 4.46. The lowest BCUT2D eigenvalue weighted by Crippen LogP contribution is -2.39. The molecule has 2 amide bonds. The third-order valence-corrected chi connectivity index (χ3v) is 6.51. The zero-order valence-corrected chi connectivity index (χ0v) is 19.3. The number of nitrogens with one attached hydrogen (secondary N) is 2. The number of rotatable bonds is 4. The van der Waals surface area contributed by atoms with E-state index in [9.17, 15) is 18.4 Å². The van der Waals surface area contributed by atoms with Crippen LogP contribution in [0.5, 0.6) is 0 Å². The fraction of sp³-hybridized carbons (Fsp3) is 0.250. The standard InChI is InChI=1S/C24H21ClF2N6O2/c1-11(34)30-19-7-3-14(23(27)32-19)17-10-29-24(31-17)18-6-2-13-8-12(9-20(35)33(13)18)21-16(28)5-4-15(25)22(21)26/h3-5,7,9-10,13,18H,2,6,8,28H2,1H3,(H,29,31)(H,30,32,34)/t13-,18+/m1/s1/i3D. The number of anilines is 2. The molecular weight excluding hydrogens is 478 g/mol. The predicted molar refractivity (Wildman–Crippen MR) is 127 cm³/mol. The number of pyridine rings is 1. The summed E-state index contributed by atoms with van der Waals surface area (Å²) in [5, 5.41) is 2.29. The second kappa shape index (κ2) is 8.77. The molecule has 0 bridgehead atoms. The van der Waals surface area contributed by atoms with Gasteiger partial charge in [0.1, 0.15) is 11.6 Å². The number of hydrogen-bond donors (Lipinski definition) is 3. The lowest BCUT2D eigenvalue weighted by Gasteiger charge is -2.33. The first kappa shape index (κ1) is 21.7. The van der Waals surface area contributed by atoms with Crippen molar-refractivity contribution in [2.24, 2.45) is 0 Å². The van der Waals surface area contributed by atoms with E-state index in [-0.39, 0.29) is 51.3 Å². The maximum atomic E-state index is 14.7. The van der Waals surface area contributed by atoms with Crippen LogP contribution in [-0.4, -0.2) is 37.7 Å². The van der Waals surface area contributed by atoms with Crippen molar-refractivity contribution < 1.29 is 19.7 Å². The minimum absolute atomic E-state index is 0.0644. The molecule has 0 aliphatic carbocycles. The molecule has 35 heavy (non-hydrogen) atoms. The molecule has 11 heteroatoms. The molecule has 0 unspecified atom stereocenters. The van der Waals surface area contributed by atoms with Crippen LogP contribution in [0.3, 0.4) is 0 Å². The van der Waals surface area contributed by atoms with Gasteiger partial charge in [-0.05, 0) is 49.1 Å². The Morgan fingerprint density at radius 2 is 2.14 bits per heavy atom. The molecule has 0 saturated carbocycles. The third kappa shape index (κ3) is 4.14. The molecule has 3 aromatic rings. The van der Waals surface area contributed by atoms with Crippen molar-refractivity contribution in [1.82, 2.24) is 19.9 Å². The van der Waals surface area contributed by atoms with E-state index in [0.29, 0.717) is 30.7 Å². The number of benzene rings is 1. The molecule has 0 spiro atoms. The fourth-order valence-electron chi connectivity index (χ4n) is 4.75. The third-order valence-electron chi connectivity index (χ3n) is 6.22. The van der Waals surface area contributed by atoms with Crippen molar-refractivity contribution in [1.29, 1.82) is 0 Å². The zero-order valence-electron chi connectivity index (χ0n) is 19.5. The van der Waals surface area contributed by atoms with Gasteiger partial charge in [-0.15, -0.1) is 0 Å². The van der Waals surface area contributed by atoms with Crippen molar-refractivity contribution >= 4 is 40.5 Å². The van der Waals surface area contributed by atoms with E-state index < -0.39 is 23.7 Å². The van der Waals surface area contributed by atoms with Gasteiger partial charge in [0.25, 0.3) is 0 Å². The highest BCUT2D eigenvalue weighted by Gasteiger charge is 2.42. The van der Waals surface area contributed by atoms with E-state index in [4.69, 9.17) is 18.7 Å². The number of fused-ring (bicyclic) bond motifs is 1. The number of nitrogen functional groups attached to an aromatic ring is 1. The van der Waals surface area contributed by atoms with Gasteiger partial charge in [-0.2, -0.15) is 4.39 Å². The Balaban J connectivity index is 1.43. The molecule has 4 N–H and O–H groups in total. The molecule has 0 radical (unpaired) electrons. The summed E-state index contributed by atoms with van der Waals surface area (Å²) in [6.45, 7) is 1.26. The van der Waals surface area contributed by atoms with E-state index in [1.807, 2.05) is 0 Å². The van der Waals surface area contributed by atoms with Crippen molar-refractivity contribution in [3.05, 3.63) is 64.7 Å². The minimum Gasteiger partial charge on any atom is -0.398 e. The number of imidazole rings is 1. The second-order valence-electron chi connectivity index (χ2n) is 8.51. The van der Waals surface area contributed by atoms with Gasteiger partial charge in [0.2, 0.25) is 17.8 Å². The van der Waals surface area contributed by atoms with Crippen LogP contribution in [-0.2, 0) is 9.59 Å². The molecule has 2 aliphatic heterocycles.